The molecule has 156 valence electrons. The van der Waals surface area contributed by atoms with E-state index in [1.54, 1.807) is 0 Å². The van der Waals surface area contributed by atoms with E-state index in [0.29, 0.717) is 10.7 Å². The summed E-state index contributed by atoms with van der Waals surface area (Å²) in [6, 6.07) is 3.75. The fourth-order valence-electron chi connectivity index (χ4n) is 3.46. The molecule has 1 aromatic carbocycles. The molecule has 3 rings (SSSR count). The first-order chi connectivity index (χ1) is 14.0. The van der Waals surface area contributed by atoms with Gasteiger partial charge in [0.1, 0.15) is 23.0 Å². The number of unbranched alkanes of at least 4 members (excludes halogenated alkanes) is 3. The molecule has 0 amide bonds. The number of thioether (sulfide) groups is 1. The lowest BCUT2D eigenvalue weighted by Gasteiger charge is -2.11. The fourth-order valence-corrected chi connectivity index (χ4v) is 4.39. The summed E-state index contributed by atoms with van der Waals surface area (Å²) in [5.41, 5.74) is 9.05. The molecule has 0 fully saturated rings. The summed E-state index contributed by atoms with van der Waals surface area (Å²) in [5.74, 6) is 1.35. The van der Waals surface area contributed by atoms with Gasteiger partial charge < -0.3 is 10.3 Å². The SMILES string of the molecule is CCCCc1nc2c(N)ncc(C)c2n1CCCCCSc1ccc(F)cc1F. The Morgan fingerprint density at radius 3 is 2.72 bits per heavy atom. The van der Waals surface area contributed by atoms with Crippen LogP contribution in [0.15, 0.2) is 29.3 Å². The van der Waals surface area contributed by atoms with Crippen LogP contribution in [0.3, 0.4) is 0 Å². The number of fused-ring (bicyclic) bond motifs is 1. The van der Waals surface area contributed by atoms with Crippen LogP contribution in [0, 0.1) is 18.6 Å². The monoisotopic (exact) mass is 418 g/mol. The number of benzene rings is 1. The highest BCUT2D eigenvalue weighted by Gasteiger charge is 2.15. The summed E-state index contributed by atoms with van der Waals surface area (Å²) in [6.45, 7) is 5.11. The largest absolute Gasteiger partial charge is 0.382 e. The first kappa shape index (κ1) is 21.6. The van der Waals surface area contributed by atoms with Gasteiger partial charge in [0.05, 0.1) is 5.52 Å². The molecule has 0 aliphatic rings. The highest BCUT2D eigenvalue weighted by molar-refractivity contribution is 7.99. The Hall–Kier alpha value is -2.15. The normalized spacial score (nSPS) is 11.4. The Balaban J connectivity index is 1.59. The quantitative estimate of drug-likeness (QED) is 0.329. The highest BCUT2D eigenvalue weighted by Crippen LogP contribution is 2.26. The molecule has 4 nitrogen and oxygen atoms in total. The van der Waals surface area contributed by atoms with Crippen molar-refractivity contribution in [2.75, 3.05) is 11.5 Å². The zero-order valence-corrected chi connectivity index (χ0v) is 17.9. The Labute approximate surface area is 174 Å². The van der Waals surface area contributed by atoms with Crippen molar-refractivity contribution in [2.45, 2.75) is 63.8 Å². The third-order valence-electron chi connectivity index (χ3n) is 4.99. The number of pyridine rings is 1. The zero-order valence-electron chi connectivity index (χ0n) is 17.0. The van der Waals surface area contributed by atoms with Crippen molar-refractivity contribution >= 4 is 28.6 Å². The van der Waals surface area contributed by atoms with E-state index in [2.05, 4.69) is 16.5 Å². The minimum absolute atomic E-state index is 0.484. The van der Waals surface area contributed by atoms with E-state index in [0.717, 1.165) is 79.3 Å². The predicted molar refractivity (Wildman–Crippen MR) is 116 cm³/mol. The number of aryl methyl sites for hydroxylation is 3. The van der Waals surface area contributed by atoms with Gasteiger partial charge in [0.25, 0.3) is 0 Å². The molecule has 0 atom stereocenters. The van der Waals surface area contributed by atoms with Crippen molar-refractivity contribution in [3.63, 3.8) is 0 Å². The molecule has 0 saturated carbocycles. The topological polar surface area (TPSA) is 56.7 Å². The van der Waals surface area contributed by atoms with Crippen molar-refractivity contribution in [3.05, 3.63) is 47.4 Å². The number of rotatable bonds is 10. The molecule has 0 unspecified atom stereocenters. The van der Waals surface area contributed by atoms with E-state index in [4.69, 9.17) is 10.7 Å². The lowest BCUT2D eigenvalue weighted by molar-refractivity contribution is 0.565. The van der Waals surface area contributed by atoms with Gasteiger partial charge in [0.15, 0.2) is 5.82 Å². The van der Waals surface area contributed by atoms with Crippen LogP contribution < -0.4 is 5.73 Å². The van der Waals surface area contributed by atoms with Crippen LogP contribution >= 0.6 is 11.8 Å². The molecule has 3 aromatic rings. The van der Waals surface area contributed by atoms with Crippen LogP contribution in [0.1, 0.15) is 50.4 Å². The number of hydrogen-bond acceptors (Lipinski definition) is 4. The molecule has 0 spiro atoms. The highest BCUT2D eigenvalue weighted by atomic mass is 32.2. The minimum Gasteiger partial charge on any atom is -0.382 e. The molecule has 0 bridgehead atoms. The van der Waals surface area contributed by atoms with E-state index >= 15 is 0 Å². The summed E-state index contributed by atoms with van der Waals surface area (Å²) in [4.78, 5) is 9.54. The van der Waals surface area contributed by atoms with Gasteiger partial charge in [-0.25, -0.2) is 18.7 Å². The molecular weight excluding hydrogens is 390 g/mol. The number of anilines is 1. The van der Waals surface area contributed by atoms with Gasteiger partial charge >= 0.3 is 0 Å². The molecule has 29 heavy (non-hydrogen) atoms. The summed E-state index contributed by atoms with van der Waals surface area (Å²) in [6.07, 6.45) is 7.97. The van der Waals surface area contributed by atoms with E-state index in [1.807, 2.05) is 13.1 Å². The van der Waals surface area contributed by atoms with Crippen molar-refractivity contribution in [1.29, 1.82) is 0 Å². The first-order valence-electron chi connectivity index (χ1n) is 10.2. The van der Waals surface area contributed by atoms with Crippen molar-refractivity contribution in [2.24, 2.45) is 0 Å². The van der Waals surface area contributed by atoms with Gasteiger partial charge in [-0.1, -0.05) is 19.8 Å². The van der Waals surface area contributed by atoms with Crippen molar-refractivity contribution in [3.8, 4) is 0 Å². The second-order valence-electron chi connectivity index (χ2n) is 7.29. The molecule has 2 aromatic heterocycles. The maximum atomic E-state index is 13.7. The second-order valence-corrected chi connectivity index (χ2v) is 8.43. The lowest BCUT2D eigenvalue weighted by Crippen LogP contribution is -2.05. The summed E-state index contributed by atoms with van der Waals surface area (Å²) in [5, 5.41) is 0. The van der Waals surface area contributed by atoms with Crippen LogP contribution in [0.5, 0.6) is 0 Å². The molecule has 0 aliphatic heterocycles. The maximum absolute atomic E-state index is 13.7. The fraction of sp³-hybridized carbons (Fsp3) is 0.455. The van der Waals surface area contributed by atoms with Crippen LogP contribution in [0.25, 0.3) is 11.0 Å². The van der Waals surface area contributed by atoms with Crippen LogP contribution in [0.2, 0.25) is 0 Å². The summed E-state index contributed by atoms with van der Waals surface area (Å²) >= 11 is 1.44. The Bertz CT molecular complexity index is 971. The average molecular weight is 419 g/mol. The standard InChI is InChI=1S/C22H28F2N4S/c1-3-4-8-19-27-20-21(15(2)14-26-22(20)25)28(19)11-6-5-7-12-29-18-10-9-16(23)13-17(18)24/h9-10,13-14H,3-8,11-12H2,1-2H3,(H2,25,26). The molecule has 0 aliphatic carbocycles. The number of imidazole rings is 1. The number of nitrogens with two attached hydrogens (primary N) is 1. The average Bonchev–Trinajstić information content (AvgIpc) is 3.07. The smallest absolute Gasteiger partial charge is 0.151 e. The van der Waals surface area contributed by atoms with E-state index in [1.165, 1.54) is 23.9 Å². The van der Waals surface area contributed by atoms with Gasteiger partial charge in [-0.15, -0.1) is 11.8 Å². The van der Waals surface area contributed by atoms with E-state index < -0.39 is 11.6 Å². The minimum atomic E-state index is -0.538. The zero-order chi connectivity index (χ0) is 20.8. The number of aromatic nitrogens is 3. The number of halogens is 2. The summed E-state index contributed by atoms with van der Waals surface area (Å²) < 4.78 is 29.0. The Morgan fingerprint density at radius 2 is 1.97 bits per heavy atom. The maximum Gasteiger partial charge on any atom is 0.151 e. The molecule has 0 saturated heterocycles. The Kier molecular flexibility index (Phi) is 7.47. The van der Waals surface area contributed by atoms with E-state index in [9.17, 15) is 8.78 Å². The molecule has 2 heterocycles. The third kappa shape index (κ3) is 5.26. The molecular formula is C22H28F2N4S. The van der Waals surface area contributed by atoms with Crippen LogP contribution in [-0.2, 0) is 13.0 Å². The summed E-state index contributed by atoms with van der Waals surface area (Å²) in [7, 11) is 0. The first-order valence-corrected chi connectivity index (χ1v) is 11.2. The van der Waals surface area contributed by atoms with Gasteiger partial charge in [0, 0.05) is 30.1 Å². The van der Waals surface area contributed by atoms with E-state index in [-0.39, 0.29) is 0 Å². The van der Waals surface area contributed by atoms with Gasteiger partial charge in [-0.3, -0.25) is 0 Å². The predicted octanol–water partition coefficient (Wildman–Crippen LogP) is 5.91. The second kappa shape index (κ2) is 10.1. The molecule has 7 heteroatoms. The Morgan fingerprint density at radius 1 is 1.14 bits per heavy atom. The van der Waals surface area contributed by atoms with Crippen molar-refractivity contribution < 1.29 is 8.78 Å². The molecule has 2 N–H and O–H groups in total. The molecule has 0 radical (unpaired) electrons. The van der Waals surface area contributed by atoms with Crippen LogP contribution in [-0.4, -0.2) is 20.3 Å². The third-order valence-corrected chi connectivity index (χ3v) is 6.13. The number of nitrogen functional groups attached to an aromatic ring is 1. The number of nitrogens with zero attached hydrogens (tertiary/aromatic N) is 3. The number of hydrogen-bond donors (Lipinski definition) is 1. The van der Waals surface area contributed by atoms with Gasteiger partial charge in [-0.05, 0) is 49.6 Å². The van der Waals surface area contributed by atoms with Gasteiger partial charge in [-0.2, -0.15) is 0 Å². The van der Waals surface area contributed by atoms with Crippen LogP contribution in [0.4, 0.5) is 14.6 Å². The van der Waals surface area contributed by atoms with Crippen molar-refractivity contribution in [1.82, 2.24) is 14.5 Å². The van der Waals surface area contributed by atoms with Gasteiger partial charge in [0.2, 0.25) is 0 Å². The lowest BCUT2D eigenvalue weighted by atomic mass is 10.2.